The van der Waals surface area contributed by atoms with Gasteiger partial charge in [0.15, 0.2) is 0 Å². The van der Waals surface area contributed by atoms with Crippen LogP contribution in [0.4, 0.5) is 0 Å². The molecule has 1 N–H and O–H groups in total. The first-order valence-corrected chi connectivity index (χ1v) is 9.51. The monoisotopic (exact) mass is 354 g/mol. The maximum atomic E-state index is 11.1. The minimum Gasteiger partial charge on any atom is -0.489 e. The third-order valence-electron chi connectivity index (χ3n) is 5.04. The summed E-state index contributed by atoms with van der Waals surface area (Å²) in [6.07, 6.45) is 4.37. The molecule has 0 saturated heterocycles. The van der Waals surface area contributed by atoms with Gasteiger partial charge in [0.25, 0.3) is 0 Å². The Morgan fingerprint density at radius 1 is 1.08 bits per heavy atom. The van der Waals surface area contributed by atoms with E-state index in [4.69, 9.17) is 9.84 Å². The molecule has 3 heteroatoms. The van der Waals surface area contributed by atoms with Gasteiger partial charge in [-0.15, -0.1) is 0 Å². The molecule has 0 aliphatic heterocycles. The molecule has 1 atom stereocenters. The van der Waals surface area contributed by atoms with E-state index in [1.54, 1.807) is 0 Å². The molecule has 1 unspecified atom stereocenters. The van der Waals surface area contributed by atoms with E-state index in [0.29, 0.717) is 13.0 Å². The molecule has 0 aliphatic rings. The van der Waals surface area contributed by atoms with Crippen LogP contribution in [0.15, 0.2) is 42.5 Å². The largest absolute Gasteiger partial charge is 0.489 e. The number of benzene rings is 2. The standard InChI is InChI=1S/C23H30O3/c1-4-20(23(24)25)13-6-5-11-19-12-8-14-21(15-19)26-16-22-17(2)9-7-10-18(22)3/h7-10,12,14-15,20H,4-6,11,13,16H2,1-3H3,(H,24,25). The second kappa shape index (κ2) is 10.0. The minimum atomic E-state index is -0.672. The lowest BCUT2D eigenvalue weighted by Crippen LogP contribution is -2.12. The van der Waals surface area contributed by atoms with Crippen molar-refractivity contribution in [2.75, 3.05) is 0 Å². The average Bonchev–Trinajstić information content (AvgIpc) is 2.61. The van der Waals surface area contributed by atoms with Crippen molar-refractivity contribution in [1.29, 1.82) is 0 Å². The number of rotatable bonds is 10. The summed E-state index contributed by atoms with van der Waals surface area (Å²) in [5.74, 6) is 0.0125. The smallest absolute Gasteiger partial charge is 0.306 e. The summed E-state index contributed by atoms with van der Waals surface area (Å²) in [6, 6.07) is 14.5. The number of hydrogen-bond donors (Lipinski definition) is 1. The Kier molecular flexibility index (Phi) is 7.71. The van der Waals surface area contributed by atoms with Gasteiger partial charge in [-0.25, -0.2) is 0 Å². The van der Waals surface area contributed by atoms with Gasteiger partial charge in [0.05, 0.1) is 5.92 Å². The molecule has 0 spiro atoms. The van der Waals surface area contributed by atoms with Gasteiger partial charge in [0, 0.05) is 0 Å². The summed E-state index contributed by atoms with van der Waals surface area (Å²) in [5.41, 5.74) is 5.00. The van der Waals surface area contributed by atoms with Crippen molar-refractivity contribution < 1.29 is 14.6 Å². The molecule has 0 aliphatic carbocycles. The van der Waals surface area contributed by atoms with Gasteiger partial charge in [-0.1, -0.05) is 43.7 Å². The third kappa shape index (κ3) is 5.91. The molecule has 0 fully saturated rings. The zero-order chi connectivity index (χ0) is 18.9. The second-order valence-corrected chi connectivity index (χ2v) is 7.00. The molecule has 0 heterocycles. The average molecular weight is 354 g/mol. The van der Waals surface area contributed by atoms with Crippen molar-refractivity contribution in [1.82, 2.24) is 0 Å². The lowest BCUT2D eigenvalue weighted by molar-refractivity contribution is -0.142. The van der Waals surface area contributed by atoms with Crippen LogP contribution in [0.2, 0.25) is 0 Å². The molecule has 2 aromatic carbocycles. The SMILES string of the molecule is CCC(CCCCc1cccc(OCc2c(C)cccc2C)c1)C(=O)O. The van der Waals surface area contributed by atoms with Gasteiger partial charge in [0.2, 0.25) is 0 Å². The Morgan fingerprint density at radius 2 is 1.77 bits per heavy atom. The number of ether oxygens (including phenoxy) is 1. The number of aliphatic carboxylic acids is 1. The van der Waals surface area contributed by atoms with E-state index >= 15 is 0 Å². The van der Waals surface area contributed by atoms with Crippen molar-refractivity contribution in [2.45, 2.75) is 59.5 Å². The molecular weight excluding hydrogens is 324 g/mol. The van der Waals surface area contributed by atoms with E-state index in [-0.39, 0.29) is 5.92 Å². The molecule has 0 saturated carbocycles. The van der Waals surface area contributed by atoms with Gasteiger partial charge in [-0.3, -0.25) is 4.79 Å². The quantitative estimate of drug-likeness (QED) is 0.556. The third-order valence-corrected chi connectivity index (χ3v) is 5.04. The summed E-state index contributed by atoms with van der Waals surface area (Å²) >= 11 is 0. The van der Waals surface area contributed by atoms with Crippen LogP contribution in [0, 0.1) is 19.8 Å². The number of unbranched alkanes of at least 4 members (excludes halogenated alkanes) is 1. The fourth-order valence-corrected chi connectivity index (χ4v) is 3.25. The first-order valence-electron chi connectivity index (χ1n) is 9.51. The summed E-state index contributed by atoms with van der Waals surface area (Å²) in [7, 11) is 0. The zero-order valence-electron chi connectivity index (χ0n) is 16.1. The molecule has 3 nitrogen and oxygen atoms in total. The summed E-state index contributed by atoms with van der Waals surface area (Å²) in [5, 5.41) is 9.10. The van der Waals surface area contributed by atoms with Crippen molar-refractivity contribution >= 4 is 5.97 Å². The molecule has 0 amide bonds. The van der Waals surface area contributed by atoms with Gasteiger partial charge in [-0.05, 0) is 73.9 Å². The van der Waals surface area contributed by atoms with Crippen LogP contribution in [-0.4, -0.2) is 11.1 Å². The lowest BCUT2D eigenvalue weighted by atomic mass is 9.97. The van der Waals surface area contributed by atoms with Crippen molar-refractivity contribution in [3.63, 3.8) is 0 Å². The first kappa shape index (κ1) is 20.0. The Bertz CT molecular complexity index is 701. The fraction of sp³-hybridized carbons (Fsp3) is 0.435. The molecular formula is C23H30O3. The Morgan fingerprint density at radius 3 is 2.42 bits per heavy atom. The highest BCUT2D eigenvalue weighted by Gasteiger charge is 2.13. The van der Waals surface area contributed by atoms with Crippen LogP contribution in [-0.2, 0) is 17.8 Å². The van der Waals surface area contributed by atoms with Crippen LogP contribution < -0.4 is 4.74 Å². The van der Waals surface area contributed by atoms with Gasteiger partial charge >= 0.3 is 5.97 Å². The summed E-state index contributed by atoms with van der Waals surface area (Å²) in [6.45, 7) is 6.75. The molecule has 140 valence electrons. The van der Waals surface area contributed by atoms with Crippen LogP contribution in [0.5, 0.6) is 5.75 Å². The van der Waals surface area contributed by atoms with Crippen LogP contribution in [0.1, 0.15) is 54.9 Å². The predicted octanol–water partition coefficient (Wildman–Crippen LogP) is 5.71. The highest BCUT2D eigenvalue weighted by molar-refractivity contribution is 5.69. The van der Waals surface area contributed by atoms with Crippen molar-refractivity contribution in [3.05, 3.63) is 64.7 Å². The first-order chi connectivity index (χ1) is 12.5. The summed E-state index contributed by atoms with van der Waals surface area (Å²) < 4.78 is 6.01. The number of hydrogen-bond acceptors (Lipinski definition) is 2. The van der Waals surface area contributed by atoms with Gasteiger partial charge < -0.3 is 9.84 Å². The maximum Gasteiger partial charge on any atom is 0.306 e. The van der Waals surface area contributed by atoms with Crippen molar-refractivity contribution in [3.8, 4) is 5.75 Å². The number of carboxylic acid groups (broad SMARTS) is 1. The van der Waals surface area contributed by atoms with Gasteiger partial charge in [0.1, 0.15) is 12.4 Å². The Hall–Kier alpha value is -2.29. The maximum absolute atomic E-state index is 11.1. The highest BCUT2D eigenvalue weighted by Crippen LogP contribution is 2.20. The predicted molar refractivity (Wildman–Crippen MR) is 106 cm³/mol. The fourth-order valence-electron chi connectivity index (χ4n) is 3.25. The van der Waals surface area contributed by atoms with Crippen LogP contribution >= 0.6 is 0 Å². The second-order valence-electron chi connectivity index (χ2n) is 7.00. The molecule has 0 radical (unpaired) electrons. The van der Waals surface area contributed by atoms with E-state index in [1.807, 2.05) is 19.1 Å². The van der Waals surface area contributed by atoms with E-state index in [2.05, 4.69) is 44.2 Å². The normalized spacial score (nSPS) is 12.0. The highest BCUT2D eigenvalue weighted by atomic mass is 16.5. The number of carboxylic acids is 1. The van der Waals surface area contributed by atoms with Gasteiger partial charge in [-0.2, -0.15) is 0 Å². The number of carbonyl (C=O) groups is 1. The minimum absolute atomic E-state index is 0.206. The molecule has 2 rings (SSSR count). The van der Waals surface area contributed by atoms with Crippen LogP contribution in [0.25, 0.3) is 0 Å². The van der Waals surface area contributed by atoms with E-state index in [1.165, 1.54) is 22.3 Å². The molecule has 0 aromatic heterocycles. The topological polar surface area (TPSA) is 46.5 Å². The van der Waals surface area contributed by atoms with Crippen LogP contribution in [0.3, 0.4) is 0 Å². The Balaban J connectivity index is 1.85. The van der Waals surface area contributed by atoms with E-state index in [9.17, 15) is 4.79 Å². The van der Waals surface area contributed by atoms with Crippen molar-refractivity contribution in [2.24, 2.45) is 5.92 Å². The Labute approximate surface area is 157 Å². The summed E-state index contributed by atoms with van der Waals surface area (Å²) in [4.78, 5) is 11.1. The lowest BCUT2D eigenvalue weighted by Gasteiger charge is -2.12. The molecule has 26 heavy (non-hydrogen) atoms. The van der Waals surface area contributed by atoms with E-state index in [0.717, 1.165) is 31.4 Å². The number of aryl methyl sites for hydroxylation is 3. The zero-order valence-corrected chi connectivity index (χ0v) is 16.1. The molecule has 0 bridgehead atoms. The molecule has 2 aromatic rings. The van der Waals surface area contributed by atoms with E-state index < -0.39 is 5.97 Å².